The fourth-order valence-electron chi connectivity index (χ4n) is 2.82. The monoisotopic (exact) mass is 392 g/mol. The lowest BCUT2D eigenvalue weighted by Crippen LogP contribution is -2.16. The van der Waals surface area contributed by atoms with E-state index in [4.69, 9.17) is 0 Å². The molecule has 1 heterocycles. The molecule has 2 aromatic carbocycles. The SMILES string of the molecule is Cc1nc(NCc2ccc(F)cc2)cc(C(=O)Nc2ccc(C(C)(C)C)cc2)n1. The van der Waals surface area contributed by atoms with Crippen LogP contribution in [0.3, 0.4) is 0 Å². The number of halogens is 1. The molecule has 0 unspecified atom stereocenters. The average molecular weight is 392 g/mol. The maximum Gasteiger partial charge on any atom is 0.274 e. The van der Waals surface area contributed by atoms with Crippen LogP contribution in [0.25, 0.3) is 0 Å². The summed E-state index contributed by atoms with van der Waals surface area (Å²) in [7, 11) is 0. The van der Waals surface area contributed by atoms with Crippen LogP contribution in [0.2, 0.25) is 0 Å². The summed E-state index contributed by atoms with van der Waals surface area (Å²) < 4.78 is 13.0. The molecule has 0 fully saturated rings. The predicted molar refractivity (Wildman–Crippen MR) is 114 cm³/mol. The lowest BCUT2D eigenvalue weighted by atomic mass is 9.87. The summed E-state index contributed by atoms with van der Waals surface area (Å²) >= 11 is 0. The molecule has 5 nitrogen and oxygen atoms in total. The van der Waals surface area contributed by atoms with Crippen LogP contribution < -0.4 is 10.6 Å². The van der Waals surface area contributed by atoms with E-state index in [9.17, 15) is 9.18 Å². The zero-order valence-electron chi connectivity index (χ0n) is 17.1. The molecule has 0 aliphatic heterocycles. The van der Waals surface area contributed by atoms with Crippen LogP contribution in [0.5, 0.6) is 0 Å². The second-order valence-electron chi connectivity index (χ2n) is 7.95. The van der Waals surface area contributed by atoms with Crippen molar-refractivity contribution in [1.29, 1.82) is 0 Å². The van der Waals surface area contributed by atoms with E-state index >= 15 is 0 Å². The smallest absolute Gasteiger partial charge is 0.274 e. The molecule has 1 aromatic heterocycles. The van der Waals surface area contributed by atoms with E-state index in [1.807, 2.05) is 24.3 Å². The summed E-state index contributed by atoms with van der Waals surface area (Å²) in [5.74, 6) is 0.447. The van der Waals surface area contributed by atoms with Gasteiger partial charge in [-0.15, -0.1) is 0 Å². The number of carbonyl (C=O) groups is 1. The second kappa shape index (κ2) is 8.39. The average Bonchev–Trinajstić information content (AvgIpc) is 2.67. The molecule has 0 aliphatic rings. The van der Waals surface area contributed by atoms with Gasteiger partial charge in [0.05, 0.1) is 0 Å². The fourth-order valence-corrected chi connectivity index (χ4v) is 2.82. The Morgan fingerprint density at radius 3 is 2.28 bits per heavy atom. The van der Waals surface area contributed by atoms with E-state index in [1.54, 1.807) is 25.1 Å². The van der Waals surface area contributed by atoms with Gasteiger partial charge in [0.2, 0.25) is 0 Å². The van der Waals surface area contributed by atoms with Gasteiger partial charge in [0.1, 0.15) is 23.2 Å². The van der Waals surface area contributed by atoms with Gasteiger partial charge in [-0.3, -0.25) is 4.79 Å². The lowest BCUT2D eigenvalue weighted by molar-refractivity contribution is 0.102. The Morgan fingerprint density at radius 2 is 1.66 bits per heavy atom. The Kier molecular flexibility index (Phi) is 5.92. The van der Waals surface area contributed by atoms with E-state index in [2.05, 4.69) is 41.4 Å². The number of hydrogen-bond acceptors (Lipinski definition) is 4. The van der Waals surface area contributed by atoms with Crippen molar-refractivity contribution < 1.29 is 9.18 Å². The Balaban J connectivity index is 1.69. The third kappa shape index (κ3) is 5.60. The highest BCUT2D eigenvalue weighted by Crippen LogP contribution is 2.23. The summed E-state index contributed by atoms with van der Waals surface area (Å²) in [5, 5.41) is 6.02. The Labute approximate surface area is 170 Å². The Hall–Kier alpha value is -3.28. The van der Waals surface area contributed by atoms with Gasteiger partial charge in [-0.05, 0) is 47.7 Å². The maximum atomic E-state index is 13.0. The fraction of sp³-hybridized carbons (Fsp3) is 0.261. The first-order valence-corrected chi connectivity index (χ1v) is 9.46. The number of benzene rings is 2. The number of anilines is 2. The van der Waals surface area contributed by atoms with E-state index < -0.39 is 0 Å². The van der Waals surface area contributed by atoms with Gasteiger partial charge in [0.25, 0.3) is 5.91 Å². The van der Waals surface area contributed by atoms with Gasteiger partial charge in [-0.2, -0.15) is 0 Å². The second-order valence-corrected chi connectivity index (χ2v) is 7.95. The van der Waals surface area contributed by atoms with Gasteiger partial charge in [-0.1, -0.05) is 45.0 Å². The minimum absolute atomic E-state index is 0.0530. The van der Waals surface area contributed by atoms with Crippen molar-refractivity contribution in [3.05, 3.63) is 83.1 Å². The Morgan fingerprint density at radius 1 is 1.00 bits per heavy atom. The molecule has 150 valence electrons. The quantitative estimate of drug-likeness (QED) is 0.635. The van der Waals surface area contributed by atoms with Crippen molar-refractivity contribution in [2.75, 3.05) is 10.6 Å². The first-order valence-electron chi connectivity index (χ1n) is 9.46. The molecule has 0 saturated heterocycles. The number of aryl methyl sites for hydroxylation is 1. The van der Waals surface area contributed by atoms with E-state index in [0.717, 1.165) is 5.56 Å². The standard InChI is InChI=1S/C23H25FN4O/c1-15-26-20(13-21(27-15)25-14-16-5-9-18(24)10-6-16)22(29)28-19-11-7-17(8-12-19)23(2,3)4/h5-13H,14H2,1-4H3,(H,28,29)(H,25,26,27). The summed E-state index contributed by atoms with van der Waals surface area (Å²) in [5.41, 5.74) is 3.14. The highest BCUT2D eigenvalue weighted by molar-refractivity contribution is 6.03. The van der Waals surface area contributed by atoms with Crippen molar-refractivity contribution in [2.45, 2.75) is 39.7 Å². The third-order valence-corrected chi connectivity index (χ3v) is 4.47. The molecular formula is C23H25FN4O. The molecule has 0 bridgehead atoms. The number of amides is 1. The van der Waals surface area contributed by atoms with Crippen LogP contribution in [0.1, 0.15) is 48.2 Å². The predicted octanol–water partition coefficient (Wildman–Crippen LogP) is 5.09. The van der Waals surface area contributed by atoms with E-state index in [0.29, 0.717) is 23.9 Å². The number of rotatable bonds is 5. The number of nitrogens with zero attached hydrogens (tertiary/aromatic N) is 2. The minimum Gasteiger partial charge on any atom is -0.366 e. The molecule has 0 atom stereocenters. The van der Waals surface area contributed by atoms with Crippen LogP contribution in [0.15, 0.2) is 54.6 Å². The largest absolute Gasteiger partial charge is 0.366 e. The molecule has 6 heteroatoms. The molecule has 0 spiro atoms. The normalized spacial score (nSPS) is 11.2. The van der Waals surface area contributed by atoms with Crippen molar-refractivity contribution >= 4 is 17.4 Å². The number of carbonyl (C=O) groups excluding carboxylic acids is 1. The molecule has 0 radical (unpaired) electrons. The van der Waals surface area contributed by atoms with Crippen molar-refractivity contribution in [3.63, 3.8) is 0 Å². The zero-order valence-corrected chi connectivity index (χ0v) is 17.1. The molecule has 3 rings (SSSR count). The van der Waals surface area contributed by atoms with Gasteiger partial charge < -0.3 is 10.6 Å². The minimum atomic E-state index is -0.302. The zero-order chi connectivity index (χ0) is 21.0. The van der Waals surface area contributed by atoms with Crippen molar-refractivity contribution in [1.82, 2.24) is 9.97 Å². The maximum absolute atomic E-state index is 13.0. The summed E-state index contributed by atoms with van der Waals surface area (Å²) in [6, 6.07) is 15.6. The molecule has 1 amide bonds. The molecule has 0 saturated carbocycles. The molecule has 0 aliphatic carbocycles. The Bertz CT molecular complexity index is 993. The topological polar surface area (TPSA) is 66.9 Å². The highest BCUT2D eigenvalue weighted by atomic mass is 19.1. The van der Waals surface area contributed by atoms with E-state index in [-0.39, 0.29) is 22.8 Å². The highest BCUT2D eigenvalue weighted by Gasteiger charge is 2.14. The van der Waals surface area contributed by atoms with Crippen molar-refractivity contribution in [2.24, 2.45) is 0 Å². The van der Waals surface area contributed by atoms with Crippen LogP contribution in [0, 0.1) is 12.7 Å². The molecule has 3 aromatic rings. The molecule has 2 N–H and O–H groups in total. The summed E-state index contributed by atoms with van der Waals surface area (Å²) in [4.78, 5) is 21.2. The van der Waals surface area contributed by atoms with Crippen molar-refractivity contribution in [3.8, 4) is 0 Å². The summed E-state index contributed by atoms with van der Waals surface area (Å²) in [6.07, 6.45) is 0. The first kappa shape index (κ1) is 20.5. The lowest BCUT2D eigenvalue weighted by Gasteiger charge is -2.19. The first-order chi connectivity index (χ1) is 13.7. The third-order valence-electron chi connectivity index (χ3n) is 4.47. The van der Waals surface area contributed by atoms with Gasteiger partial charge in [0, 0.05) is 18.3 Å². The number of aromatic nitrogens is 2. The van der Waals surface area contributed by atoms with Crippen LogP contribution in [0.4, 0.5) is 15.9 Å². The molecule has 29 heavy (non-hydrogen) atoms. The van der Waals surface area contributed by atoms with Crippen LogP contribution in [-0.2, 0) is 12.0 Å². The number of nitrogens with one attached hydrogen (secondary N) is 2. The number of hydrogen-bond donors (Lipinski definition) is 2. The van der Waals surface area contributed by atoms with Crippen LogP contribution >= 0.6 is 0 Å². The van der Waals surface area contributed by atoms with Gasteiger partial charge >= 0.3 is 0 Å². The summed E-state index contributed by atoms with van der Waals surface area (Å²) in [6.45, 7) is 8.63. The molecular weight excluding hydrogens is 367 g/mol. The van der Waals surface area contributed by atoms with Gasteiger partial charge in [-0.25, -0.2) is 14.4 Å². The van der Waals surface area contributed by atoms with E-state index in [1.165, 1.54) is 17.7 Å². The van der Waals surface area contributed by atoms with Gasteiger partial charge in [0.15, 0.2) is 0 Å². The van der Waals surface area contributed by atoms with Crippen LogP contribution in [-0.4, -0.2) is 15.9 Å².